The number of carbonyl (C=O) groups is 1. The first-order valence-corrected chi connectivity index (χ1v) is 8.42. The molecule has 0 spiro atoms. The van der Waals surface area contributed by atoms with E-state index in [1.165, 1.54) is 6.20 Å². The maximum Gasteiger partial charge on any atom is 0.253 e. The Morgan fingerprint density at radius 3 is 3.04 bits per heavy atom. The number of nitrogens with one attached hydrogen (secondary N) is 2. The number of fused-ring (bicyclic) bond motifs is 1. The number of anilines is 1. The van der Waals surface area contributed by atoms with Crippen LogP contribution in [0.25, 0.3) is 0 Å². The fourth-order valence-electron chi connectivity index (χ4n) is 2.74. The van der Waals surface area contributed by atoms with Crippen molar-refractivity contribution in [2.75, 3.05) is 18.5 Å². The highest BCUT2D eigenvalue weighted by atomic mass is 35.5. The van der Waals surface area contributed by atoms with Crippen molar-refractivity contribution in [1.82, 2.24) is 10.3 Å². The number of amides is 1. The Hall–Kier alpha value is -2.71. The number of rotatable bonds is 4. The highest BCUT2D eigenvalue weighted by Crippen LogP contribution is 2.38. The van der Waals surface area contributed by atoms with E-state index in [9.17, 15) is 4.79 Å². The van der Waals surface area contributed by atoms with E-state index in [0.29, 0.717) is 23.0 Å². The van der Waals surface area contributed by atoms with Gasteiger partial charge in [-0.3, -0.25) is 4.79 Å². The second-order valence-corrected chi connectivity index (χ2v) is 6.07. The Morgan fingerprint density at radius 1 is 1.40 bits per heavy atom. The van der Waals surface area contributed by atoms with Crippen LogP contribution in [0, 0.1) is 12.3 Å². The van der Waals surface area contributed by atoms with Crippen LogP contribution in [0.4, 0.5) is 5.82 Å². The summed E-state index contributed by atoms with van der Waals surface area (Å²) in [5, 5.41) is 6.62. The van der Waals surface area contributed by atoms with Crippen LogP contribution in [-0.2, 0) is 0 Å². The molecule has 25 heavy (non-hydrogen) atoms. The molecule has 0 saturated carbocycles. The molecule has 1 atom stereocenters. The topological polar surface area (TPSA) is 63.2 Å². The molecule has 0 bridgehead atoms. The Balaban J connectivity index is 1.76. The SMILES string of the molecule is C#CCNC(=O)c1ccc(NC2CCCOc3c(Cl)cccc32)nc1. The van der Waals surface area contributed by atoms with Crippen LogP contribution in [0.5, 0.6) is 5.75 Å². The first-order valence-electron chi connectivity index (χ1n) is 8.04. The number of benzene rings is 1. The molecule has 128 valence electrons. The van der Waals surface area contributed by atoms with Gasteiger partial charge >= 0.3 is 0 Å². The maximum atomic E-state index is 11.9. The van der Waals surface area contributed by atoms with Crippen molar-refractivity contribution in [3.8, 4) is 18.1 Å². The van der Waals surface area contributed by atoms with E-state index < -0.39 is 0 Å². The third-order valence-electron chi connectivity index (χ3n) is 3.96. The number of hydrogen-bond acceptors (Lipinski definition) is 4. The van der Waals surface area contributed by atoms with Gasteiger partial charge in [0.15, 0.2) is 0 Å². The Kier molecular flexibility index (Phi) is 5.42. The van der Waals surface area contributed by atoms with E-state index in [1.807, 2.05) is 18.2 Å². The van der Waals surface area contributed by atoms with E-state index in [4.69, 9.17) is 22.8 Å². The number of halogens is 1. The lowest BCUT2D eigenvalue weighted by Crippen LogP contribution is -2.23. The molecule has 2 aromatic rings. The third-order valence-corrected chi connectivity index (χ3v) is 4.25. The number of ether oxygens (including phenoxy) is 1. The second-order valence-electron chi connectivity index (χ2n) is 5.66. The minimum Gasteiger partial charge on any atom is -0.492 e. The van der Waals surface area contributed by atoms with Crippen LogP contribution < -0.4 is 15.4 Å². The minimum absolute atomic E-state index is 0.0461. The molecular weight excluding hydrogens is 338 g/mol. The van der Waals surface area contributed by atoms with E-state index in [-0.39, 0.29) is 18.5 Å². The lowest BCUT2D eigenvalue weighted by atomic mass is 10.0. The van der Waals surface area contributed by atoms with E-state index >= 15 is 0 Å². The summed E-state index contributed by atoms with van der Waals surface area (Å²) in [5.74, 6) is 3.54. The van der Waals surface area contributed by atoms with Crippen LogP contribution in [0.3, 0.4) is 0 Å². The first-order chi connectivity index (χ1) is 12.2. The van der Waals surface area contributed by atoms with Gasteiger partial charge in [-0.1, -0.05) is 29.7 Å². The molecule has 5 nitrogen and oxygen atoms in total. The summed E-state index contributed by atoms with van der Waals surface area (Å²) < 4.78 is 5.77. The maximum absolute atomic E-state index is 11.9. The fourth-order valence-corrected chi connectivity index (χ4v) is 2.98. The first kappa shape index (κ1) is 17.1. The van der Waals surface area contributed by atoms with Crippen LogP contribution in [0.2, 0.25) is 5.02 Å². The summed E-state index contributed by atoms with van der Waals surface area (Å²) in [4.78, 5) is 16.2. The number of aromatic nitrogens is 1. The summed E-state index contributed by atoms with van der Waals surface area (Å²) in [6.45, 7) is 0.828. The van der Waals surface area contributed by atoms with Gasteiger partial charge in [0.25, 0.3) is 5.91 Å². The normalized spacial score (nSPS) is 15.9. The van der Waals surface area contributed by atoms with Crippen LogP contribution in [0.1, 0.15) is 34.8 Å². The quantitative estimate of drug-likeness (QED) is 0.825. The van der Waals surface area contributed by atoms with Gasteiger partial charge in [-0.2, -0.15) is 0 Å². The molecule has 2 N–H and O–H groups in total. The zero-order valence-electron chi connectivity index (χ0n) is 13.6. The largest absolute Gasteiger partial charge is 0.492 e. The predicted molar refractivity (Wildman–Crippen MR) is 97.9 cm³/mol. The number of hydrogen-bond donors (Lipinski definition) is 2. The summed E-state index contributed by atoms with van der Waals surface area (Å²) >= 11 is 6.25. The molecule has 1 aromatic carbocycles. The monoisotopic (exact) mass is 355 g/mol. The van der Waals surface area contributed by atoms with Gasteiger partial charge in [0, 0.05) is 11.8 Å². The van der Waals surface area contributed by atoms with Gasteiger partial charge < -0.3 is 15.4 Å². The molecule has 6 heteroatoms. The zero-order valence-corrected chi connectivity index (χ0v) is 14.3. The van der Waals surface area contributed by atoms with E-state index in [2.05, 4.69) is 21.5 Å². The fraction of sp³-hybridized carbons (Fsp3) is 0.263. The highest BCUT2D eigenvalue weighted by molar-refractivity contribution is 6.32. The van der Waals surface area contributed by atoms with Crippen LogP contribution in [-0.4, -0.2) is 24.0 Å². The highest BCUT2D eigenvalue weighted by Gasteiger charge is 2.22. The zero-order chi connectivity index (χ0) is 17.6. The van der Waals surface area contributed by atoms with E-state index in [0.717, 1.165) is 24.2 Å². The van der Waals surface area contributed by atoms with Crippen molar-refractivity contribution in [2.24, 2.45) is 0 Å². The average molecular weight is 356 g/mol. The molecule has 1 unspecified atom stereocenters. The number of carbonyl (C=O) groups excluding carboxylic acids is 1. The lowest BCUT2D eigenvalue weighted by Gasteiger charge is -2.19. The second kappa shape index (κ2) is 7.91. The average Bonchev–Trinajstić information content (AvgIpc) is 2.84. The van der Waals surface area contributed by atoms with E-state index in [1.54, 1.807) is 12.1 Å². The molecular formula is C19H18ClN3O2. The standard InChI is InChI=1S/C19H18ClN3O2/c1-2-10-21-19(24)13-8-9-17(22-12-13)23-16-7-4-11-25-18-14(16)5-3-6-15(18)20/h1,3,5-6,8-9,12,16H,4,7,10-11H2,(H,21,24)(H,22,23). The molecule has 0 saturated heterocycles. The third kappa shape index (κ3) is 4.04. The smallest absolute Gasteiger partial charge is 0.253 e. The molecule has 3 rings (SSSR count). The van der Waals surface area contributed by atoms with Crippen LogP contribution >= 0.6 is 11.6 Å². The van der Waals surface area contributed by atoms with Crippen molar-refractivity contribution in [3.05, 3.63) is 52.7 Å². The van der Waals surface area contributed by atoms with Gasteiger partial charge in [0.05, 0.1) is 29.8 Å². The molecule has 0 aliphatic carbocycles. The number of pyridine rings is 1. The van der Waals surface area contributed by atoms with Gasteiger partial charge in [-0.25, -0.2) is 4.98 Å². The number of para-hydroxylation sites is 1. The molecule has 1 amide bonds. The molecule has 0 radical (unpaired) electrons. The van der Waals surface area contributed by atoms with Gasteiger partial charge in [-0.05, 0) is 31.0 Å². The molecule has 1 aliphatic heterocycles. The summed E-state index contributed by atoms with van der Waals surface area (Å²) in [5.41, 5.74) is 1.48. The number of terminal acetylenes is 1. The van der Waals surface area contributed by atoms with Gasteiger partial charge in [0.2, 0.25) is 0 Å². The summed E-state index contributed by atoms with van der Waals surface area (Å²) in [7, 11) is 0. The summed E-state index contributed by atoms with van der Waals surface area (Å²) in [6.07, 6.45) is 8.48. The van der Waals surface area contributed by atoms with Crippen molar-refractivity contribution in [1.29, 1.82) is 0 Å². The van der Waals surface area contributed by atoms with Crippen molar-refractivity contribution >= 4 is 23.3 Å². The van der Waals surface area contributed by atoms with Crippen molar-refractivity contribution < 1.29 is 9.53 Å². The predicted octanol–water partition coefficient (Wildman–Crippen LogP) is 3.42. The van der Waals surface area contributed by atoms with Gasteiger partial charge in [-0.15, -0.1) is 6.42 Å². The molecule has 1 aliphatic rings. The van der Waals surface area contributed by atoms with Crippen LogP contribution in [0.15, 0.2) is 36.5 Å². The minimum atomic E-state index is -0.239. The molecule has 0 fully saturated rings. The lowest BCUT2D eigenvalue weighted by molar-refractivity contribution is 0.0958. The number of nitrogens with zero attached hydrogens (tertiary/aromatic N) is 1. The Morgan fingerprint density at radius 2 is 2.28 bits per heavy atom. The van der Waals surface area contributed by atoms with Crippen molar-refractivity contribution in [2.45, 2.75) is 18.9 Å². The van der Waals surface area contributed by atoms with Crippen molar-refractivity contribution in [3.63, 3.8) is 0 Å². The molecule has 1 aromatic heterocycles. The summed E-state index contributed by atoms with van der Waals surface area (Å²) in [6, 6.07) is 9.28. The molecule has 2 heterocycles. The Bertz CT molecular complexity index is 799. The Labute approximate surface area is 151 Å². The van der Waals surface area contributed by atoms with Gasteiger partial charge in [0.1, 0.15) is 11.6 Å².